The molecule has 0 atom stereocenters. The molecular formula is C17H24N4. The van der Waals surface area contributed by atoms with Crippen molar-refractivity contribution in [3.63, 3.8) is 0 Å². The highest BCUT2D eigenvalue weighted by Gasteiger charge is 2.17. The third-order valence-electron chi connectivity index (χ3n) is 4.18. The topological polar surface area (TPSA) is 35.2 Å². The smallest absolute Gasteiger partial charge is 0.0622 e. The Kier molecular flexibility index (Phi) is 4.25. The first-order valence-corrected chi connectivity index (χ1v) is 7.81. The summed E-state index contributed by atoms with van der Waals surface area (Å²) in [5, 5.41) is 7.46. The first-order valence-electron chi connectivity index (χ1n) is 7.81. The summed E-state index contributed by atoms with van der Waals surface area (Å²) in [6, 6.07) is 11.0. The van der Waals surface area contributed by atoms with E-state index < -0.39 is 0 Å². The average Bonchev–Trinajstić information content (AvgIpc) is 2.96. The van der Waals surface area contributed by atoms with E-state index in [1.807, 2.05) is 0 Å². The molecule has 1 aliphatic heterocycles. The zero-order chi connectivity index (χ0) is 14.7. The van der Waals surface area contributed by atoms with Gasteiger partial charge in [-0.05, 0) is 37.1 Å². The zero-order valence-electron chi connectivity index (χ0n) is 13.0. The second-order valence-electron chi connectivity index (χ2n) is 5.84. The highest BCUT2D eigenvalue weighted by Crippen LogP contribution is 2.18. The van der Waals surface area contributed by atoms with Gasteiger partial charge in [-0.1, -0.05) is 19.1 Å². The monoisotopic (exact) mass is 284 g/mol. The quantitative estimate of drug-likeness (QED) is 0.937. The van der Waals surface area contributed by atoms with Gasteiger partial charge in [0.2, 0.25) is 0 Å². The second kappa shape index (κ2) is 6.31. The SMILES string of the molecule is CCc1cc(CN2CCN(c3cccc(C)c3)CC2)[nH]n1. The van der Waals surface area contributed by atoms with Crippen LogP contribution in [0, 0.1) is 6.92 Å². The number of aryl methyl sites for hydroxylation is 2. The van der Waals surface area contributed by atoms with Gasteiger partial charge in [0.25, 0.3) is 0 Å². The van der Waals surface area contributed by atoms with E-state index in [0.29, 0.717) is 0 Å². The highest BCUT2D eigenvalue weighted by molar-refractivity contribution is 5.48. The van der Waals surface area contributed by atoms with Crippen LogP contribution in [0.3, 0.4) is 0 Å². The maximum atomic E-state index is 4.31. The number of piperazine rings is 1. The van der Waals surface area contributed by atoms with Gasteiger partial charge in [-0.2, -0.15) is 5.10 Å². The lowest BCUT2D eigenvalue weighted by molar-refractivity contribution is 0.247. The Morgan fingerprint density at radius 3 is 2.62 bits per heavy atom. The molecule has 4 nitrogen and oxygen atoms in total. The number of nitrogens with one attached hydrogen (secondary N) is 1. The summed E-state index contributed by atoms with van der Waals surface area (Å²) in [4.78, 5) is 4.98. The van der Waals surface area contributed by atoms with E-state index in [0.717, 1.165) is 44.8 Å². The van der Waals surface area contributed by atoms with Gasteiger partial charge in [0.1, 0.15) is 0 Å². The lowest BCUT2D eigenvalue weighted by atomic mass is 10.2. The molecule has 0 amide bonds. The van der Waals surface area contributed by atoms with Gasteiger partial charge in [0, 0.05) is 44.1 Å². The number of H-pyrrole nitrogens is 1. The third-order valence-corrected chi connectivity index (χ3v) is 4.18. The van der Waals surface area contributed by atoms with E-state index in [1.54, 1.807) is 0 Å². The van der Waals surface area contributed by atoms with Crippen LogP contribution in [-0.2, 0) is 13.0 Å². The van der Waals surface area contributed by atoms with Crippen LogP contribution in [-0.4, -0.2) is 41.3 Å². The summed E-state index contributed by atoms with van der Waals surface area (Å²) in [6.07, 6.45) is 0.998. The van der Waals surface area contributed by atoms with Crippen LogP contribution >= 0.6 is 0 Å². The maximum absolute atomic E-state index is 4.31. The summed E-state index contributed by atoms with van der Waals surface area (Å²) < 4.78 is 0. The molecule has 112 valence electrons. The highest BCUT2D eigenvalue weighted by atomic mass is 15.3. The molecule has 4 heteroatoms. The Morgan fingerprint density at radius 1 is 1.14 bits per heavy atom. The number of aromatic nitrogens is 2. The summed E-state index contributed by atoms with van der Waals surface area (Å²) in [5.41, 5.74) is 5.07. The molecule has 2 heterocycles. The maximum Gasteiger partial charge on any atom is 0.0622 e. The minimum absolute atomic E-state index is 0.981. The van der Waals surface area contributed by atoms with Crippen LogP contribution in [0.1, 0.15) is 23.9 Å². The average molecular weight is 284 g/mol. The number of benzene rings is 1. The van der Waals surface area contributed by atoms with Crippen LogP contribution in [0.2, 0.25) is 0 Å². The number of aromatic amines is 1. The number of anilines is 1. The van der Waals surface area contributed by atoms with Gasteiger partial charge in [-0.25, -0.2) is 0 Å². The molecule has 0 bridgehead atoms. The summed E-state index contributed by atoms with van der Waals surface area (Å²) >= 11 is 0. The van der Waals surface area contributed by atoms with Crippen molar-refractivity contribution in [1.29, 1.82) is 0 Å². The molecular weight excluding hydrogens is 260 g/mol. The number of hydrogen-bond acceptors (Lipinski definition) is 3. The molecule has 1 fully saturated rings. The molecule has 0 saturated carbocycles. The van der Waals surface area contributed by atoms with E-state index >= 15 is 0 Å². The first kappa shape index (κ1) is 14.1. The lowest BCUT2D eigenvalue weighted by Crippen LogP contribution is -2.46. The van der Waals surface area contributed by atoms with Gasteiger partial charge in [-0.3, -0.25) is 10.00 Å². The summed E-state index contributed by atoms with van der Waals surface area (Å²) in [7, 11) is 0. The predicted molar refractivity (Wildman–Crippen MR) is 86.6 cm³/mol. The minimum Gasteiger partial charge on any atom is -0.369 e. The minimum atomic E-state index is 0.981. The molecule has 3 rings (SSSR count). The standard InChI is InChI=1S/C17H24N4/c1-3-15-12-16(19-18-15)13-20-7-9-21(10-8-20)17-6-4-5-14(2)11-17/h4-6,11-12H,3,7-10,13H2,1-2H3,(H,18,19). The van der Waals surface area contributed by atoms with Crippen molar-refractivity contribution < 1.29 is 0 Å². The van der Waals surface area contributed by atoms with Crippen molar-refractivity contribution >= 4 is 5.69 Å². The van der Waals surface area contributed by atoms with Gasteiger partial charge < -0.3 is 4.90 Å². The summed E-state index contributed by atoms with van der Waals surface area (Å²) in [5.74, 6) is 0. The fourth-order valence-electron chi connectivity index (χ4n) is 2.90. The van der Waals surface area contributed by atoms with E-state index in [2.05, 4.69) is 64.2 Å². The van der Waals surface area contributed by atoms with E-state index in [1.165, 1.54) is 16.9 Å². The normalized spacial score (nSPS) is 16.4. The molecule has 1 N–H and O–H groups in total. The Morgan fingerprint density at radius 2 is 1.95 bits per heavy atom. The second-order valence-corrected chi connectivity index (χ2v) is 5.84. The molecule has 1 aromatic heterocycles. The fraction of sp³-hybridized carbons (Fsp3) is 0.471. The van der Waals surface area contributed by atoms with E-state index in [9.17, 15) is 0 Å². The third kappa shape index (κ3) is 3.45. The van der Waals surface area contributed by atoms with Crippen LogP contribution < -0.4 is 4.90 Å². The number of hydrogen-bond donors (Lipinski definition) is 1. The van der Waals surface area contributed by atoms with Gasteiger partial charge in [0.05, 0.1) is 5.69 Å². The van der Waals surface area contributed by atoms with Crippen molar-refractivity contribution in [3.8, 4) is 0 Å². The molecule has 2 aromatic rings. The Balaban J connectivity index is 1.55. The molecule has 0 spiro atoms. The molecule has 0 aliphatic carbocycles. The zero-order valence-corrected chi connectivity index (χ0v) is 13.0. The molecule has 21 heavy (non-hydrogen) atoms. The van der Waals surface area contributed by atoms with E-state index in [4.69, 9.17) is 0 Å². The molecule has 1 saturated heterocycles. The fourth-order valence-corrected chi connectivity index (χ4v) is 2.90. The van der Waals surface area contributed by atoms with Crippen molar-refractivity contribution in [1.82, 2.24) is 15.1 Å². The van der Waals surface area contributed by atoms with Crippen molar-refractivity contribution in [2.75, 3.05) is 31.1 Å². The Labute approximate surface area is 126 Å². The Hall–Kier alpha value is -1.81. The van der Waals surface area contributed by atoms with Crippen LogP contribution in [0.25, 0.3) is 0 Å². The largest absolute Gasteiger partial charge is 0.369 e. The molecule has 1 aliphatic rings. The van der Waals surface area contributed by atoms with Crippen molar-refractivity contribution in [2.45, 2.75) is 26.8 Å². The summed E-state index contributed by atoms with van der Waals surface area (Å²) in [6.45, 7) is 9.68. The molecule has 1 aromatic carbocycles. The molecule has 0 radical (unpaired) electrons. The van der Waals surface area contributed by atoms with Crippen LogP contribution in [0.5, 0.6) is 0 Å². The van der Waals surface area contributed by atoms with Gasteiger partial charge in [0.15, 0.2) is 0 Å². The first-order chi connectivity index (χ1) is 10.2. The van der Waals surface area contributed by atoms with Crippen molar-refractivity contribution in [3.05, 3.63) is 47.3 Å². The van der Waals surface area contributed by atoms with Crippen LogP contribution in [0.15, 0.2) is 30.3 Å². The lowest BCUT2D eigenvalue weighted by Gasteiger charge is -2.36. The van der Waals surface area contributed by atoms with Gasteiger partial charge in [-0.15, -0.1) is 0 Å². The number of nitrogens with zero attached hydrogens (tertiary/aromatic N) is 3. The Bertz CT molecular complexity index is 582. The number of rotatable bonds is 4. The predicted octanol–water partition coefficient (Wildman–Crippen LogP) is 2.60. The van der Waals surface area contributed by atoms with Crippen molar-refractivity contribution in [2.24, 2.45) is 0 Å². The molecule has 0 unspecified atom stereocenters. The van der Waals surface area contributed by atoms with Gasteiger partial charge >= 0.3 is 0 Å². The van der Waals surface area contributed by atoms with Crippen LogP contribution in [0.4, 0.5) is 5.69 Å². The van der Waals surface area contributed by atoms with E-state index in [-0.39, 0.29) is 0 Å².